The van der Waals surface area contributed by atoms with Crippen molar-refractivity contribution in [2.75, 3.05) is 11.4 Å². The SMILES string of the molecule is Cc1cccc(C(=O)N2CCCc3cc(C(C)N)ncc32)c1. The van der Waals surface area contributed by atoms with Crippen molar-refractivity contribution in [1.82, 2.24) is 4.98 Å². The van der Waals surface area contributed by atoms with Crippen LogP contribution in [0, 0.1) is 6.92 Å². The smallest absolute Gasteiger partial charge is 0.258 e. The highest BCUT2D eigenvalue weighted by Crippen LogP contribution is 2.29. The molecule has 2 N–H and O–H groups in total. The third kappa shape index (κ3) is 2.74. The molecule has 3 rings (SSSR count). The van der Waals surface area contributed by atoms with E-state index in [1.807, 2.05) is 49.1 Å². The second-order valence-corrected chi connectivity index (χ2v) is 5.96. The molecule has 114 valence electrons. The lowest BCUT2D eigenvalue weighted by Gasteiger charge is -2.29. The highest BCUT2D eigenvalue weighted by atomic mass is 16.2. The number of fused-ring (bicyclic) bond motifs is 1. The van der Waals surface area contributed by atoms with Crippen molar-refractivity contribution < 1.29 is 4.79 Å². The first-order chi connectivity index (χ1) is 10.6. The van der Waals surface area contributed by atoms with Crippen molar-refractivity contribution in [3.63, 3.8) is 0 Å². The Bertz CT molecular complexity index is 709. The molecule has 1 aromatic heterocycles. The maximum absolute atomic E-state index is 12.8. The predicted octanol–water partition coefficient (Wildman–Crippen LogP) is 3.00. The van der Waals surface area contributed by atoms with E-state index >= 15 is 0 Å². The number of carbonyl (C=O) groups excluding carboxylic acids is 1. The lowest BCUT2D eigenvalue weighted by atomic mass is 10.00. The molecule has 0 saturated carbocycles. The standard InChI is InChI=1S/C18H21N3O/c1-12-5-3-6-15(9-12)18(22)21-8-4-7-14-10-16(13(2)19)20-11-17(14)21/h3,5-6,9-11,13H,4,7-8,19H2,1-2H3. The minimum absolute atomic E-state index is 0.0417. The zero-order valence-corrected chi connectivity index (χ0v) is 13.0. The van der Waals surface area contributed by atoms with Crippen LogP contribution in [-0.4, -0.2) is 17.4 Å². The van der Waals surface area contributed by atoms with Crippen LogP contribution in [0.1, 0.15) is 46.6 Å². The van der Waals surface area contributed by atoms with Crippen LogP contribution in [0.5, 0.6) is 0 Å². The highest BCUT2D eigenvalue weighted by Gasteiger charge is 2.24. The first kappa shape index (κ1) is 14.7. The molecule has 1 atom stereocenters. The van der Waals surface area contributed by atoms with Gasteiger partial charge in [-0.15, -0.1) is 0 Å². The number of aryl methyl sites for hydroxylation is 2. The quantitative estimate of drug-likeness (QED) is 0.926. The van der Waals surface area contributed by atoms with Gasteiger partial charge >= 0.3 is 0 Å². The molecule has 4 heteroatoms. The maximum Gasteiger partial charge on any atom is 0.258 e. The van der Waals surface area contributed by atoms with Crippen LogP contribution in [0.3, 0.4) is 0 Å². The topological polar surface area (TPSA) is 59.2 Å². The van der Waals surface area contributed by atoms with Gasteiger partial charge < -0.3 is 10.6 Å². The van der Waals surface area contributed by atoms with Crippen LogP contribution in [-0.2, 0) is 6.42 Å². The number of amides is 1. The summed E-state index contributed by atoms with van der Waals surface area (Å²) in [5.41, 5.74) is 10.7. The van der Waals surface area contributed by atoms with Gasteiger partial charge in [-0.05, 0) is 50.5 Å². The van der Waals surface area contributed by atoms with E-state index < -0.39 is 0 Å². The molecule has 0 radical (unpaired) electrons. The molecule has 1 aliphatic heterocycles. The summed E-state index contributed by atoms with van der Waals surface area (Å²) in [5, 5.41) is 0. The normalized spacial score (nSPS) is 15.3. The van der Waals surface area contributed by atoms with Gasteiger partial charge in [0.05, 0.1) is 17.6 Å². The second kappa shape index (κ2) is 5.89. The van der Waals surface area contributed by atoms with Crippen LogP contribution in [0.2, 0.25) is 0 Å². The molecule has 22 heavy (non-hydrogen) atoms. The van der Waals surface area contributed by atoms with E-state index in [9.17, 15) is 4.79 Å². The number of nitrogens with two attached hydrogens (primary N) is 1. The number of rotatable bonds is 2. The number of nitrogens with zero attached hydrogens (tertiary/aromatic N) is 2. The van der Waals surface area contributed by atoms with Gasteiger partial charge in [0.1, 0.15) is 0 Å². The molecule has 2 heterocycles. The van der Waals surface area contributed by atoms with Crippen LogP contribution >= 0.6 is 0 Å². The molecule has 0 spiro atoms. The molecule has 1 aliphatic rings. The first-order valence-electron chi connectivity index (χ1n) is 7.69. The fourth-order valence-corrected chi connectivity index (χ4v) is 2.89. The van der Waals surface area contributed by atoms with Gasteiger partial charge in [-0.2, -0.15) is 0 Å². The largest absolute Gasteiger partial charge is 0.323 e. The van der Waals surface area contributed by atoms with Crippen LogP contribution in [0.15, 0.2) is 36.5 Å². The Morgan fingerprint density at radius 2 is 2.18 bits per heavy atom. The summed E-state index contributed by atoms with van der Waals surface area (Å²) in [5.74, 6) is 0.0417. The molecule has 2 aromatic rings. The summed E-state index contributed by atoms with van der Waals surface area (Å²) in [6.07, 6.45) is 3.73. The summed E-state index contributed by atoms with van der Waals surface area (Å²) in [6.45, 7) is 4.66. The van der Waals surface area contributed by atoms with Crippen molar-refractivity contribution in [2.45, 2.75) is 32.7 Å². The van der Waals surface area contributed by atoms with Crippen molar-refractivity contribution in [3.8, 4) is 0 Å². The van der Waals surface area contributed by atoms with Crippen LogP contribution in [0.25, 0.3) is 0 Å². The van der Waals surface area contributed by atoms with E-state index in [-0.39, 0.29) is 11.9 Å². The van der Waals surface area contributed by atoms with Crippen molar-refractivity contribution in [2.24, 2.45) is 5.73 Å². The minimum Gasteiger partial charge on any atom is -0.323 e. The zero-order valence-electron chi connectivity index (χ0n) is 13.0. The third-order valence-electron chi connectivity index (χ3n) is 4.08. The number of anilines is 1. The van der Waals surface area contributed by atoms with Gasteiger partial charge in [0.15, 0.2) is 0 Å². The Hall–Kier alpha value is -2.20. The number of aromatic nitrogens is 1. The Labute approximate surface area is 131 Å². The van der Waals surface area contributed by atoms with Gasteiger partial charge in [0, 0.05) is 18.2 Å². The van der Waals surface area contributed by atoms with Crippen LogP contribution < -0.4 is 10.6 Å². The lowest BCUT2D eigenvalue weighted by Crippen LogP contribution is -2.35. The van der Waals surface area contributed by atoms with Gasteiger partial charge in [-0.1, -0.05) is 17.7 Å². The third-order valence-corrected chi connectivity index (χ3v) is 4.08. The van der Waals surface area contributed by atoms with E-state index in [1.165, 1.54) is 0 Å². The summed E-state index contributed by atoms with van der Waals surface area (Å²) >= 11 is 0. The number of benzene rings is 1. The highest BCUT2D eigenvalue weighted by molar-refractivity contribution is 6.06. The van der Waals surface area contributed by atoms with Crippen molar-refractivity contribution in [1.29, 1.82) is 0 Å². The second-order valence-electron chi connectivity index (χ2n) is 5.96. The number of hydrogen-bond donors (Lipinski definition) is 1. The number of carbonyl (C=O) groups is 1. The Morgan fingerprint density at radius 1 is 1.36 bits per heavy atom. The van der Waals surface area contributed by atoms with E-state index in [4.69, 9.17) is 5.73 Å². The minimum atomic E-state index is -0.0897. The molecule has 0 bridgehead atoms. The van der Waals surface area contributed by atoms with Gasteiger partial charge in [-0.3, -0.25) is 9.78 Å². The van der Waals surface area contributed by atoms with Crippen molar-refractivity contribution in [3.05, 3.63) is 58.9 Å². The summed E-state index contributed by atoms with van der Waals surface area (Å²) in [6, 6.07) is 9.67. The zero-order chi connectivity index (χ0) is 15.7. The van der Waals surface area contributed by atoms with E-state index in [0.717, 1.165) is 47.5 Å². The fourth-order valence-electron chi connectivity index (χ4n) is 2.89. The molecule has 1 aromatic carbocycles. The molecule has 0 fully saturated rings. The predicted molar refractivity (Wildman–Crippen MR) is 88.0 cm³/mol. The number of pyridine rings is 1. The summed E-state index contributed by atoms with van der Waals surface area (Å²) in [4.78, 5) is 19.1. The Morgan fingerprint density at radius 3 is 2.91 bits per heavy atom. The number of hydrogen-bond acceptors (Lipinski definition) is 3. The van der Waals surface area contributed by atoms with Crippen molar-refractivity contribution >= 4 is 11.6 Å². The summed E-state index contributed by atoms with van der Waals surface area (Å²) in [7, 11) is 0. The van der Waals surface area contributed by atoms with Gasteiger partial charge in [-0.25, -0.2) is 0 Å². The molecular weight excluding hydrogens is 274 g/mol. The van der Waals surface area contributed by atoms with E-state index in [1.54, 1.807) is 6.20 Å². The molecule has 0 saturated heterocycles. The Kier molecular flexibility index (Phi) is 3.94. The molecule has 1 unspecified atom stereocenters. The lowest BCUT2D eigenvalue weighted by molar-refractivity contribution is 0.0985. The molecule has 0 aliphatic carbocycles. The monoisotopic (exact) mass is 295 g/mol. The molecular formula is C18H21N3O. The van der Waals surface area contributed by atoms with Gasteiger partial charge in [0.25, 0.3) is 5.91 Å². The summed E-state index contributed by atoms with van der Waals surface area (Å²) < 4.78 is 0. The van der Waals surface area contributed by atoms with Crippen LogP contribution in [0.4, 0.5) is 5.69 Å². The van der Waals surface area contributed by atoms with E-state index in [0.29, 0.717) is 0 Å². The fraction of sp³-hybridized carbons (Fsp3) is 0.333. The average molecular weight is 295 g/mol. The van der Waals surface area contributed by atoms with E-state index in [2.05, 4.69) is 4.98 Å². The average Bonchev–Trinajstić information content (AvgIpc) is 2.53. The first-order valence-corrected chi connectivity index (χ1v) is 7.69. The maximum atomic E-state index is 12.8. The Balaban J connectivity index is 1.96. The molecule has 1 amide bonds. The molecule has 4 nitrogen and oxygen atoms in total. The van der Waals surface area contributed by atoms with Gasteiger partial charge in [0.2, 0.25) is 0 Å².